The number of carboxylic acids is 1. The van der Waals surface area contributed by atoms with Crippen LogP contribution < -0.4 is 0 Å². The van der Waals surface area contributed by atoms with Gasteiger partial charge in [0, 0.05) is 5.92 Å². The van der Waals surface area contributed by atoms with Crippen LogP contribution in [0.2, 0.25) is 0 Å². The van der Waals surface area contributed by atoms with E-state index in [-0.39, 0.29) is 12.0 Å². The third kappa shape index (κ3) is 6.55. The van der Waals surface area contributed by atoms with E-state index < -0.39 is 12.1 Å². The predicted octanol–water partition coefficient (Wildman–Crippen LogP) is 5.78. The minimum absolute atomic E-state index is 0.132. The third-order valence-corrected chi connectivity index (χ3v) is 7.37. The summed E-state index contributed by atoms with van der Waals surface area (Å²) in [5, 5.41) is 30.2. The summed E-state index contributed by atoms with van der Waals surface area (Å²) in [6.45, 7) is 4.36. The SMILES string of the molecule is CCCC(C)C[C@H](O)C=C[C@H]1[C@H]2CC(CCCCc3ccccc3C(=O)O)=C[C@H]2C[C@H]1O. The van der Waals surface area contributed by atoms with Gasteiger partial charge in [0.05, 0.1) is 17.8 Å². The highest BCUT2D eigenvalue weighted by atomic mass is 16.4. The summed E-state index contributed by atoms with van der Waals surface area (Å²) in [4.78, 5) is 11.4. The number of benzene rings is 1. The number of rotatable bonds is 12. The standard InChI is InChI=1S/C28H40O4/c1-3-8-19(2)15-23(29)13-14-25-26-17-20(16-22(26)18-27(25)30)9-4-5-10-21-11-6-7-12-24(21)28(31)32/h6-7,11-14,16,19,22-23,25-27,29-30H,3-5,8-10,15,17-18H2,1-2H3,(H,31,32)/t19?,22-,23+,25-,26-,27+/m0/s1. The normalized spacial score (nSPS) is 26.8. The first-order valence-electron chi connectivity index (χ1n) is 12.4. The average Bonchev–Trinajstić information content (AvgIpc) is 3.26. The summed E-state index contributed by atoms with van der Waals surface area (Å²) < 4.78 is 0. The Labute approximate surface area is 193 Å². The molecule has 0 spiro atoms. The Hall–Kier alpha value is -1.91. The van der Waals surface area contributed by atoms with Gasteiger partial charge in [-0.2, -0.15) is 0 Å². The molecule has 2 aliphatic rings. The molecule has 3 N–H and O–H groups in total. The molecule has 0 radical (unpaired) electrons. The largest absolute Gasteiger partial charge is 0.478 e. The number of allylic oxidation sites excluding steroid dienone is 2. The zero-order valence-electron chi connectivity index (χ0n) is 19.6. The molecule has 4 nitrogen and oxygen atoms in total. The number of hydrogen-bond donors (Lipinski definition) is 3. The van der Waals surface area contributed by atoms with E-state index in [1.54, 1.807) is 12.1 Å². The first kappa shape index (κ1) is 24.7. The van der Waals surface area contributed by atoms with Crippen LogP contribution in [0.5, 0.6) is 0 Å². The summed E-state index contributed by atoms with van der Waals surface area (Å²) >= 11 is 0. The van der Waals surface area contributed by atoms with Crippen molar-refractivity contribution in [1.82, 2.24) is 0 Å². The minimum Gasteiger partial charge on any atom is -0.478 e. The monoisotopic (exact) mass is 440 g/mol. The van der Waals surface area contributed by atoms with E-state index >= 15 is 0 Å². The van der Waals surface area contributed by atoms with Crippen LogP contribution in [0.1, 0.15) is 81.1 Å². The molecule has 3 rings (SSSR count). The van der Waals surface area contributed by atoms with E-state index in [1.165, 1.54) is 5.57 Å². The maximum absolute atomic E-state index is 11.4. The summed E-state index contributed by atoms with van der Waals surface area (Å²) in [6, 6.07) is 7.28. The Balaban J connectivity index is 1.46. The molecule has 32 heavy (non-hydrogen) atoms. The highest BCUT2D eigenvalue weighted by Gasteiger charge is 2.43. The van der Waals surface area contributed by atoms with Crippen LogP contribution in [0.4, 0.5) is 0 Å². The lowest BCUT2D eigenvalue weighted by Crippen LogP contribution is -2.18. The van der Waals surface area contributed by atoms with Crippen molar-refractivity contribution in [2.24, 2.45) is 23.7 Å². The second-order valence-corrected chi connectivity index (χ2v) is 9.99. The van der Waals surface area contributed by atoms with Crippen LogP contribution in [0.25, 0.3) is 0 Å². The van der Waals surface area contributed by atoms with E-state index in [0.29, 0.717) is 23.3 Å². The Bertz CT molecular complexity index is 811. The molecule has 0 heterocycles. The van der Waals surface area contributed by atoms with Crippen LogP contribution in [-0.4, -0.2) is 33.5 Å². The number of carbonyl (C=O) groups is 1. The molecule has 4 heteroatoms. The number of hydrogen-bond acceptors (Lipinski definition) is 3. The molecule has 0 saturated heterocycles. The smallest absolute Gasteiger partial charge is 0.335 e. The van der Waals surface area contributed by atoms with Crippen molar-refractivity contribution in [3.8, 4) is 0 Å². The topological polar surface area (TPSA) is 77.8 Å². The van der Waals surface area contributed by atoms with Crippen LogP contribution >= 0.6 is 0 Å². The van der Waals surface area contributed by atoms with E-state index in [0.717, 1.165) is 63.4 Å². The maximum Gasteiger partial charge on any atom is 0.335 e. The Kier molecular flexibility index (Phi) is 9.12. The van der Waals surface area contributed by atoms with Crippen molar-refractivity contribution < 1.29 is 20.1 Å². The number of aryl methyl sites for hydroxylation is 1. The van der Waals surface area contributed by atoms with Gasteiger partial charge in [0.1, 0.15) is 0 Å². The molecule has 0 amide bonds. The maximum atomic E-state index is 11.4. The number of aromatic carboxylic acids is 1. The lowest BCUT2D eigenvalue weighted by Gasteiger charge is -2.19. The highest BCUT2D eigenvalue weighted by Crippen LogP contribution is 2.48. The molecule has 1 aromatic rings. The lowest BCUT2D eigenvalue weighted by atomic mass is 9.88. The molecular weight excluding hydrogens is 400 g/mol. The van der Waals surface area contributed by atoms with Crippen LogP contribution in [0.15, 0.2) is 48.1 Å². The molecular formula is C28H40O4. The molecule has 0 bridgehead atoms. The Morgan fingerprint density at radius 1 is 1.22 bits per heavy atom. The van der Waals surface area contributed by atoms with Crippen LogP contribution in [0, 0.1) is 23.7 Å². The molecule has 1 saturated carbocycles. The molecule has 1 aromatic carbocycles. The van der Waals surface area contributed by atoms with Gasteiger partial charge >= 0.3 is 5.97 Å². The van der Waals surface area contributed by atoms with Gasteiger partial charge in [-0.3, -0.25) is 0 Å². The summed E-state index contributed by atoms with van der Waals surface area (Å²) in [7, 11) is 0. The first-order chi connectivity index (χ1) is 15.4. The number of carboxylic acid groups (broad SMARTS) is 1. The van der Waals surface area contributed by atoms with Gasteiger partial charge in [-0.1, -0.05) is 68.7 Å². The summed E-state index contributed by atoms with van der Waals surface area (Å²) in [5.74, 6) is 0.688. The van der Waals surface area contributed by atoms with Crippen molar-refractivity contribution in [3.63, 3.8) is 0 Å². The van der Waals surface area contributed by atoms with Gasteiger partial charge in [0.2, 0.25) is 0 Å². The van der Waals surface area contributed by atoms with Gasteiger partial charge in [-0.25, -0.2) is 4.79 Å². The van der Waals surface area contributed by atoms with Crippen molar-refractivity contribution in [2.75, 3.05) is 0 Å². The molecule has 2 aliphatic carbocycles. The van der Waals surface area contributed by atoms with Gasteiger partial charge in [-0.15, -0.1) is 0 Å². The number of aliphatic hydroxyl groups is 2. The summed E-state index contributed by atoms with van der Waals surface area (Å²) in [6.07, 6.45) is 14.4. The van der Waals surface area contributed by atoms with Gasteiger partial charge < -0.3 is 15.3 Å². The number of fused-ring (bicyclic) bond motifs is 1. The van der Waals surface area contributed by atoms with Gasteiger partial charge in [0.25, 0.3) is 0 Å². The Morgan fingerprint density at radius 2 is 1.97 bits per heavy atom. The molecule has 1 unspecified atom stereocenters. The van der Waals surface area contributed by atoms with Crippen molar-refractivity contribution in [3.05, 3.63) is 59.2 Å². The van der Waals surface area contributed by atoms with Crippen molar-refractivity contribution in [2.45, 2.75) is 83.8 Å². The highest BCUT2D eigenvalue weighted by molar-refractivity contribution is 5.89. The average molecular weight is 441 g/mol. The number of aliphatic hydroxyl groups excluding tert-OH is 2. The second kappa shape index (κ2) is 11.8. The molecule has 1 fully saturated rings. The molecule has 0 aliphatic heterocycles. The molecule has 6 atom stereocenters. The van der Waals surface area contributed by atoms with Crippen molar-refractivity contribution >= 4 is 5.97 Å². The fourth-order valence-corrected chi connectivity index (χ4v) is 5.76. The molecule has 176 valence electrons. The zero-order chi connectivity index (χ0) is 23.1. The minimum atomic E-state index is -0.852. The first-order valence-corrected chi connectivity index (χ1v) is 12.4. The lowest BCUT2D eigenvalue weighted by molar-refractivity contribution is 0.0695. The van der Waals surface area contributed by atoms with E-state index in [4.69, 9.17) is 0 Å². The van der Waals surface area contributed by atoms with E-state index in [1.807, 2.05) is 18.2 Å². The second-order valence-electron chi connectivity index (χ2n) is 9.99. The quantitative estimate of drug-likeness (QED) is 0.284. The van der Waals surface area contributed by atoms with Crippen molar-refractivity contribution in [1.29, 1.82) is 0 Å². The van der Waals surface area contributed by atoms with Gasteiger partial charge in [0.15, 0.2) is 0 Å². The fourth-order valence-electron chi connectivity index (χ4n) is 5.76. The van der Waals surface area contributed by atoms with Crippen LogP contribution in [0.3, 0.4) is 0 Å². The van der Waals surface area contributed by atoms with Crippen LogP contribution in [-0.2, 0) is 6.42 Å². The van der Waals surface area contributed by atoms with Gasteiger partial charge in [-0.05, 0) is 74.3 Å². The van der Waals surface area contributed by atoms with E-state index in [9.17, 15) is 20.1 Å². The summed E-state index contributed by atoms with van der Waals surface area (Å²) in [5.41, 5.74) is 2.81. The third-order valence-electron chi connectivity index (χ3n) is 7.37. The van der Waals surface area contributed by atoms with E-state index in [2.05, 4.69) is 26.0 Å². The zero-order valence-corrected chi connectivity index (χ0v) is 19.6. The Morgan fingerprint density at radius 3 is 2.72 bits per heavy atom. The number of unbranched alkanes of at least 4 members (excludes halogenated alkanes) is 1. The molecule has 0 aromatic heterocycles. The predicted molar refractivity (Wildman–Crippen MR) is 129 cm³/mol. The fraction of sp³-hybridized carbons (Fsp3) is 0.607.